The zero-order valence-corrected chi connectivity index (χ0v) is 14.3. The van der Waals surface area contributed by atoms with E-state index in [9.17, 15) is 13.6 Å². The van der Waals surface area contributed by atoms with Crippen LogP contribution in [0.1, 0.15) is 16.1 Å². The van der Waals surface area contributed by atoms with E-state index in [0.29, 0.717) is 10.8 Å². The molecular weight excluding hydrogens is 362 g/mol. The van der Waals surface area contributed by atoms with E-state index in [2.05, 4.69) is 20.6 Å². The van der Waals surface area contributed by atoms with Crippen molar-refractivity contribution in [2.24, 2.45) is 0 Å². The van der Waals surface area contributed by atoms with Crippen LogP contribution in [0.25, 0.3) is 0 Å². The van der Waals surface area contributed by atoms with Crippen molar-refractivity contribution in [3.63, 3.8) is 0 Å². The molecule has 3 aromatic rings. The second-order valence-corrected chi connectivity index (χ2v) is 5.81. The van der Waals surface area contributed by atoms with Gasteiger partial charge in [-0.3, -0.25) is 4.79 Å². The van der Waals surface area contributed by atoms with Crippen LogP contribution < -0.4 is 10.6 Å². The fraction of sp³-hybridized carbons (Fsp3) is 0.0556. The van der Waals surface area contributed by atoms with Crippen molar-refractivity contribution in [1.29, 1.82) is 0 Å². The summed E-state index contributed by atoms with van der Waals surface area (Å²) in [5.74, 6) is -2.20. The number of benzene rings is 2. The molecule has 0 aliphatic heterocycles. The molecule has 132 valence electrons. The van der Waals surface area contributed by atoms with Gasteiger partial charge in [-0.15, -0.1) is 0 Å². The normalized spacial score (nSPS) is 10.5. The Balaban J connectivity index is 1.71. The van der Waals surface area contributed by atoms with Gasteiger partial charge in [-0.1, -0.05) is 17.7 Å². The van der Waals surface area contributed by atoms with Gasteiger partial charge in [-0.05, 0) is 36.8 Å². The molecule has 8 heteroatoms. The van der Waals surface area contributed by atoms with Crippen LogP contribution in [0.15, 0.2) is 48.8 Å². The van der Waals surface area contributed by atoms with E-state index in [0.717, 1.165) is 23.4 Å². The summed E-state index contributed by atoms with van der Waals surface area (Å²) in [6, 6.07) is 8.48. The van der Waals surface area contributed by atoms with Crippen LogP contribution in [0.3, 0.4) is 0 Å². The number of nitrogens with zero attached hydrogens (tertiary/aromatic N) is 2. The van der Waals surface area contributed by atoms with E-state index >= 15 is 0 Å². The minimum Gasteiger partial charge on any atom is -0.339 e. The monoisotopic (exact) mass is 374 g/mol. The first-order valence-electron chi connectivity index (χ1n) is 7.54. The fourth-order valence-corrected chi connectivity index (χ4v) is 2.33. The fourth-order valence-electron chi connectivity index (χ4n) is 2.16. The minimum atomic E-state index is -1.05. The average Bonchev–Trinajstić information content (AvgIpc) is 2.63. The number of rotatable bonds is 4. The molecule has 26 heavy (non-hydrogen) atoms. The molecule has 1 aromatic heterocycles. The number of halogens is 3. The second-order valence-electron chi connectivity index (χ2n) is 5.41. The lowest BCUT2D eigenvalue weighted by atomic mass is 10.2. The van der Waals surface area contributed by atoms with Crippen LogP contribution in [0.2, 0.25) is 5.02 Å². The van der Waals surface area contributed by atoms with Crippen LogP contribution in [-0.4, -0.2) is 15.9 Å². The highest BCUT2D eigenvalue weighted by molar-refractivity contribution is 6.31. The van der Waals surface area contributed by atoms with Crippen LogP contribution in [-0.2, 0) is 0 Å². The number of carbonyl (C=O) groups is 1. The molecule has 1 amide bonds. The Morgan fingerprint density at radius 3 is 2.58 bits per heavy atom. The Labute approximate surface area is 153 Å². The largest absolute Gasteiger partial charge is 0.339 e. The van der Waals surface area contributed by atoms with Gasteiger partial charge in [-0.25, -0.2) is 18.7 Å². The molecule has 0 radical (unpaired) electrons. The van der Waals surface area contributed by atoms with E-state index in [1.807, 2.05) is 13.0 Å². The molecule has 0 bridgehead atoms. The molecule has 0 saturated carbocycles. The molecule has 1 heterocycles. The number of nitrogens with one attached hydrogen (secondary N) is 2. The van der Waals surface area contributed by atoms with Gasteiger partial charge in [0.2, 0.25) is 0 Å². The van der Waals surface area contributed by atoms with E-state index in [1.54, 1.807) is 12.1 Å². The van der Waals surface area contributed by atoms with Crippen LogP contribution in [0.5, 0.6) is 0 Å². The van der Waals surface area contributed by atoms with Gasteiger partial charge >= 0.3 is 0 Å². The van der Waals surface area contributed by atoms with Crippen molar-refractivity contribution in [2.75, 3.05) is 10.6 Å². The summed E-state index contributed by atoms with van der Waals surface area (Å²) in [4.78, 5) is 20.3. The number of hydrogen-bond acceptors (Lipinski definition) is 4. The molecule has 5 nitrogen and oxygen atoms in total. The summed E-state index contributed by atoms with van der Waals surface area (Å²) in [5, 5.41) is 6.10. The van der Waals surface area contributed by atoms with Crippen LogP contribution >= 0.6 is 11.6 Å². The summed E-state index contributed by atoms with van der Waals surface area (Å²) >= 11 is 6.07. The molecule has 2 aromatic carbocycles. The molecule has 0 atom stereocenters. The first kappa shape index (κ1) is 17.8. The van der Waals surface area contributed by atoms with Gasteiger partial charge in [0.05, 0.1) is 12.4 Å². The maximum absolute atomic E-state index is 13.2. The molecule has 0 unspecified atom stereocenters. The van der Waals surface area contributed by atoms with Crippen molar-refractivity contribution in [3.8, 4) is 0 Å². The number of aromatic nitrogens is 2. The molecule has 0 aliphatic carbocycles. The van der Waals surface area contributed by atoms with E-state index in [4.69, 9.17) is 11.6 Å². The van der Waals surface area contributed by atoms with Gasteiger partial charge in [0, 0.05) is 22.5 Å². The van der Waals surface area contributed by atoms with Gasteiger partial charge in [0.1, 0.15) is 11.5 Å². The van der Waals surface area contributed by atoms with Crippen molar-refractivity contribution in [3.05, 3.63) is 76.7 Å². The minimum absolute atomic E-state index is 0.0306. The van der Waals surface area contributed by atoms with Crippen LogP contribution in [0, 0.1) is 18.6 Å². The van der Waals surface area contributed by atoms with Crippen molar-refractivity contribution in [1.82, 2.24) is 9.97 Å². The zero-order valence-electron chi connectivity index (χ0n) is 13.6. The lowest BCUT2D eigenvalue weighted by Crippen LogP contribution is -2.14. The topological polar surface area (TPSA) is 66.9 Å². The lowest BCUT2D eigenvalue weighted by Gasteiger charge is -2.10. The first-order valence-corrected chi connectivity index (χ1v) is 7.92. The lowest BCUT2D eigenvalue weighted by molar-refractivity contribution is 0.102. The Kier molecular flexibility index (Phi) is 5.09. The third kappa shape index (κ3) is 3.94. The van der Waals surface area contributed by atoms with Gasteiger partial charge in [-0.2, -0.15) is 0 Å². The SMILES string of the molecule is Cc1c(Cl)cccc1Nc1cnc(C(=O)Nc2ccc(F)c(F)c2)cn1. The van der Waals surface area contributed by atoms with E-state index in [-0.39, 0.29) is 11.4 Å². The first-order chi connectivity index (χ1) is 12.4. The molecule has 2 N–H and O–H groups in total. The van der Waals surface area contributed by atoms with Crippen molar-refractivity contribution < 1.29 is 13.6 Å². The maximum Gasteiger partial charge on any atom is 0.275 e. The molecule has 0 fully saturated rings. The smallest absolute Gasteiger partial charge is 0.275 e. The summed E-state index contributed by atoms with van der Waals surface area (Å²) in [6.45, 7) is 1.86. The summed E-state index contributed by atoms with van der Waals surface area (Å²) in [7, 11) is 0. The zero-order chi connectivity index (χ0) is 18.7. The quantitative estimate of drug-likeness (QED) is 0.694. The van der Waals surface area contributed by atoms with Crippen LogP contribution in [0.4, 0.5) is 26.0 Å². The molecular formula is C18H13ClF2N4O. The van der Waals surface area contributed by atoms with Gasteiger partial charge in [0.15, 0.2) is 11.6 Å². The summed E-state index contributed by atoms with van der Waals surface area (Å²) in [6.07, 6.45) is 2.66. The predicted octanol–water partition coefficient (Wildman–Crippen LogP) is 4.71. The Morgan fingerprint density at radius 2 is 1.88 bits per heavy atom. The second kappa shape index (κ2) is 7.45. The molecule has 3 rings (SSSR count). The molecule has 0 spiro atoms. The van der Waals surface area contributed by atoms with E-state index in [1.165, 1.54) is 18.5 Å². The Morgan fingerprint density at radius 1 is 1.08 bits per heavy atom. The Bertz CT molecular complexity index is 964. The number of hydrogen-bond donors (Lipinski definition) is 2. The van der Waals surface area contributed by atoms with Crippen molar-refractivity contribution in [2.45, 2.75) is 6.92 Å². The van der Waals surface area contributed by atoms with Gasteiger partial charge < -0.3 is 10.6 Å². The highest BCUT2D eigenvalue weighted by Gasteiger charge is 2.11. The average molecular weight is 375 g/mol. The van der Waals surface area contributed by atoms with E-state index < -0.39 is 17.5 Å². The summed E-state index contributed by atoms with van der Waals surface area (Å²) in [5.41, 5.74) is 1.78. The number of amides is 1. The highest BCUT2D eigenvalue weighted by Crippen LogP contribution is 2.25. The Hall–Kier alpha value is -3.06. The third-order valence-electron chi connectivity index (χ3n) is 3.59. The van der Waals surface area contributed by atoms with Crippen molar-refractivity contribution >= 4 is 34.7 Å². The third-order valence-corrected chi connectivity index (χ3v) is 4.00. The predicted molar refractivity (Wildman–Crippen MR) is 95.8 cm³/mol. The maximum atomic E-state index is 13.2. The standard InChI is InChI=1S/C18H13ClF2N4O/c1-10-12(19)3-2-4-15(10)25-17-9-22-16(8-23-17)18(26)24-11-5-6-13(20)14(21)7-11/h2-9H,1H3,(H,23,25)(H,24,26). The number of carbonyl (C=O) groups excluding carboxylic acids is 1. The van der Waals surface area contributed by atoms with Gasteiger partial charge in [0.25, 0.3) is 5.91 Å². The number of anilines is 3. The molecule has 0 saturated heterocycles. The highest BCUT2D eigenvalue weighted by atomic mass is 35.5. The molecule has 0 aliphatic rings. The summed E-state index contributed by atoms with van der Waals surface area (Å²) < 4.78 is 26.1.